The molecule has 0 aliphatic carbocycles. The van der Waals surface area contributed by atoms with Gasteiger partial charge in [0.15, 0.2) is 0 Å². The summed E-state index contributed by atoms with van der Waals surface area (Å²) >= 11 is 13.4. The average Bonchev–Trinajstić information content (AvgIpc) is 3.66. The second-order valence-electron chi connectivity index (χ2n) is 11.0. The van der Waals surface area contributed by atoms with Crippen molar-refractivity contribution in [3.8, 4) is 28.4 Å². The summed E-state index contributed by atoms with van der Waals surface area (Å²) < 4.78 is 18.2. The summed E-state index contributed by atoms with van der Waals surface area (Å²) in [7, 11) is 0. The van der Waals surface area contributed by atoms with Gasteiger partial charge < -0.3 is 19.3 Å². The standard InChI is InChI=1S/C35H37ClN2O6S2/c1-2-18-43-31-13-9-26(22-29(31)36)25-8-12-30(44-20-17-37-14-3-4-15-37)27(21-25)23-32-33(39)38(35(45)46-32)16-5-19-42-28-10-6-24(7-11-28)34(40)41/h6-13,21-23H,2-5,14-20H2,1H3,(H,40,41)/b32-23-. The second kappa shape index (κ2) is 16.3. The predicted molar refractivity (Wildman–Crippen MR) is 187 cm³/mol. The highest BCUT2D eigenvalue weighted by molar-refractivity contribution is 8.26. The third kappa shape index (κ3) is 8.82. The minimum Gasteiger partial charge on any atom is -0.494 e. The maximum absolute atomic E-state index is 13.5. The minimum absolute atomic E-state index is 0.158. The Kier molecular flexibility index (Phi) is 12.0. The lowest BCUT2D eigenvalue weighted by Gasteiger charge is -2.17. The smallest absolute Gasteiger partial charge is 0.335 e. The van der Waals surface area contributed by atoms with Crippen molar-refractivity contribution in [3.05, 3.63) is 81.7 Å². The van der Waals surface area contributed by atoms with Crippen molar-refractivity contribution in [2.45, 2.75) is 32.6 Å². The lowest BCUT2D eigenvalue weighted by molar-refractivity contribution is -0.122. The van der Waals surface area contributed by atoms with Crippen molar-refractivity contribution in [1.82, 2.24) is 9.80 Å². The zero-order valence-electron chi connectivity index (χ0n) is 25.7. The third-order valence-corrected chi connectivity index (χ3v) is 9.33. The summed E-state index contributed by atoms with van der Waals surface area (Å²) in [6, 6.07) is 17.9. The molecule has 1 N–H and O–H groups in total. The number of thioether (sulfide) groups is 1. The van der Waals surface area contributed by atoms with Gasteiger partial charge in [0, 0.05) is 18.7 Å². The van der Waals surface area contributed by atoms with Crippen LogP contribution in [0.4, 0.5) is 0 Å². The van der Waals surface area contributed by atoms with Gasteiger partial charge in [-0.3, -0.25) is 14.6 Å². The maximum atomic E-state index is 13.5. The Labute approximate surface area is 284 Å². The van der Waals surface area contributed by atoms with Crippen LogP contribution in [-0.2, 0) is 4.79 Å². The molecule has 2 fully saturated rings. The van der Waals surface area contributed by atoms with Gasteiger partial charge in [-0.2, -0.15) is 0 Å². The summed E-state index contributed by atoms with van der Waals surface area (Å²) in [5, 5.41) is 9.61. The zero-order valence-corrected chi connectivity index (χ0v) is 28.1. The number of ether oxygens (including phenoxy) is 3. The van der Waals surface area contributed by atoms with Gasteiger partial charge in [-0.1, -0.05) is 54.6 Å². The number of carboxylic acid groups (broad SMARTS) is 1. The van der Waals surface area contributed by atoms with Gasteiger partial charge in [0.2, 0.25) is 0 Å². The van der Waals surface area contributed by atoms with E-state index in [-0.39, 0.29) is 11.5 Å². The predicted octanol–water partition coefficient (Wildman–Crippen LogP) is 7.64. The average molecular weight is 681 g/mol. The largest absolute Gasteiger partial charge is 0.494 e. The molecule has 0 saturated carbocycles. The monoisotopic (exact) mass is 680 g/mol. The van der Waals surface area contributed by atoms with Gasteiger partial charge >= 0.3 is 5.97 Å². The number of hydrogen-bond acceptors (Lipinski definition) is 8. The quantitative estimate of drug-likeness (QED) is 0.0988. The number of nitrogens with zero attached hydrogens (tertiary/aromatic N) is 2. The van der Waals surface area contributed by atoms with Gasteiger partial charge in [-0.05, 0) is 105 Å². The van der Waals surface area contributed by atoms with Crippen LogP contribution in [0, 0.1) is 0 Å². The molecule has 46 heavy (non-hydrogen) atoms. The van der Waals surface area contributed by atoms with Crippen LogP contribution in [0.2, 0.25) is 5.02 Å². The summed E-state index contributed by atoms with van der Waals surface area (Å²) in [6.07, 6.45) is 5.75. The molecule has 0 radical (unpaired) electrons. The summed E-state index contributed by atoms with van der Waals surface area (Å²) in [4.78, 5) is 29.1. The highest BCUT2D eigenvalue weighted by atomic mass is 35.5. The fourth-order valence-corrected chi connectivity index (χ4v) is 6.75. The summed E-state index contributed by atoms with van der Waals surface area (Å²) in [6.45, 7) is 6.99. The molecule has 2 saturated heterocycles. The van der Waals surface area contributed by atoms with E-state index in [1.807, 2.05) is 49.4 Å². The molecule has 0 spiro atoms. The third-order valence-electron chi connectivity index (χ3n) is 7.66. The van der Waals surface area contributed by atoms with Crippen LogP contribution in [0.15, 0.2) is 65.6 Å². The fraction of sp³-hybridized carbons (Fsp3) is 0.343. The zero-order chi connectivity index (χ0) is 32.5. The molecule has 5 rings (SSSR count). The van der Waals surface area contributed by atoms with Crippen LogP contribution >= 0.6 is 35.6 Å². The van der Waals surface area contributed by atoms with Crippen molar-refractivity contribution < 1.29 is 28.9 Å². The summed E-state index contributed by atoms with van der Waals surface area (Å²) in [5.41, 5.74) is 2.85. The van der Waals surface area contributed by atoms with Crippen LogP contribution in [0.25, 0.3) is 17.2 Å². The number of amides is 1. The van der Waals surface area contributed by atoms with E-state index in [1.165, 1.54) is 36.7 Å². The molecule has 0 aromatic heterocycles. The first-order valence-electron chi connectivity index (χ1n) is 15.5. The molecule has 3 aromatic carbocycles. The van der Waals surface area contributed by atoms with Crippen molar-refractivity contribution in [1.29, 1.82) is 0 Å². The number of benzene rings is 3. The van der Waals surface area contributed by atoms with E-state index >= 15 is 0 Å². The van der Waals surface area contributed by atoms with E-state index < -0.39 is 5.97 Å². The number of carbonyl (C=O) groups excluding carboxylic acids is 1. The first-order chi connectivity index (χ1) is 22.3. The van der Waals surface area contributed by atoms with E-state index in [0.29, 0.717) is 64.3 Å². The van der Waals surface area contributed by atoms with Crippen molar-refractivity contribution >= 4 is 57.9 Å². The van der Waals surface area contributed by atoms with E-state index in [9.17, 15) is 9.59 Å². The van der Waals surface area contributed by atoms with Crippen LogP contribution in [0.5, 0.6) is 17.2 Å². The molecule has 242 valence electrons. The number of likely N-dealkylation sites (tertiary alicyclic amines) is 1. The van der Waals surface area contributed by atoms with Gasteiger partial charge in [-0.15, -0.1) is 0 Å². The number of thiocarbonyl (C=S) groups is 1. The number of halogens is 1. The Morgan fingerprint density at radius 1 is 0.935 bits per heavy atom. The SMILES string of the molecule is CCCOc1ccc(-c2ccc(OCCN3CCCC3)c(/C=C3\SC(=S)N(CCCOc4ccc(C(=O)O)cc4)C3=O)c2)cc1Cl. The number of carbonyl (C=O) groups is 2. The molecular weight excluding hydrogens is 644 g/mol. The van der Waals surface area contributed by atoms with Gasteiger partial charge in [0.1, 0.15) is 28.2 Å². The van der Waals surface area contributed by atoms with Gasteiger partial charge in [0.25, 0.3) is 5.91 Å². The fourth-order valence-electron chi connectivity index (χ4n) is 5.21. The van der Waals surface area contributed by atoms with Crippen LogP contribution in [0.1, 0.15) is 48.5 Å². The minimum atomic E-state index is -0.989. The highest BCUT2D eigenvalue weighted by Gasteiger charge is 2.32. The molecule has 0 unspecified atom stereocenters. The Balaban J connectivity index is 1.29. The topological polar surface area (TPSA) is 88.5 Å². The lowest BCUT2D eigenvalue weighted by Crippen LogP contribution is -2.29. The Bertz CT molecular complexity index is 1590. The first kappa shape index (κ1) is 33.8. The van der Waals surface area contributed by atoms with E-state index in [1.54, 1.807) is 17.0 Å². The normalized spacial score (nSPS) is 16.0. The Hall–Kier alpha value is -3.57. The highest BCUT2D eigenvalue weighted by Crippen LogP contribution is 2.37. The molecule has 11 heteroatoms. The van der Waals surface area contributed by atoms with E-state index in [0.717, 1.165) is 42.7 Å². The molecular formula is C35H37ClN2O6S2. The van der Waals surface area contributed by atoms with Crippen molar-refractivity contribution in [2.75, 3.05) is 46.0 Å². The second-order valence-corrected chi connectivity index (χ2v) is 13.1. The molecule has 2 heterocycles. The number of carboxylic acids is 1. The van der Waals surface area contributed by atoms with Crippen LogP contribution in [0.3, 0.4) is 0 Å². The van der Waals surface area contributed by atoms with Crippen molar-refractivity contribution in [2.24, 2.45) is 0 Å². The number of aromatic carboxylic acids is 1. The van der Waals surface area contributed by atoms with E-state index in [4.69, 9.17) is 43.1 Å². The number of hydrogen-bond donors (Lipinski definition) is 1. The van der Waals surface area contributed by atoms with Gasteiger partial charge in [-0.25, -0.2) is 4.79 Å². The Morgan fingerprint density at radius 3 is 2.33 bits per heavy atom. The van der Waals surface area contributed by atoms with Gasteiger partial charge in [0.05, 0.1) is 28.7 Å². The molecule has 1 amide bonds. The van der Waals surface area contributed by atoms with Crippen molar-refractivity contribution in [3.63, 3.8) is 0 Å². The maximum Gasteiger partial charge on any atom is 0.335 e. The van der Waals surface area contributed by atoms with E-state index in [2.05, 4.69) is 4.90 Å². The molecule has 3 aromatic rings. The van der Waals surface area contributed by atoms with Crippen LogP contribution < -0.4 is 14.2 Å². The number of rotatable bonds is 15. The molecule has 2 aliphatic heterocycles. The van der Waals surface area contributed by atoms with Crippen LogP contribution in [-0.4, -0.2) is 77.1 Å². The Morgan fingerprint density at radius 2 is 1.63 bits per heavy atom. The molecule has 8 nitrogen and oxygen atoms in total. The summed E-state index contributed by atoms with van der Waals surface area (Å²) in [5.74, 6) is 0.771. The first-order valence-corrected chi connectivity index (χ1v) is 17.1. The molecule has 0 atom stereocenters. The molecule has 0 bridgehead atoms. The lowest BCUT2D eigenvalue weighted by atomic mass is 10.0. The molecule has 2 aliphatic rings.